The van der Waals surface area contributed by atoms with Gasteiger partial charge in [-0.15, -0.1) is 0 Å². The molecule has 7 saturated carbocycles. The van der Waals surface area contributed by atoms with Crippen molar-refractivity contribution in [1.82, 2.24) is 0 Å². The summed E-state index contributed by atoms with van der Waals surface area (Å²) >= 11 is 0. The van der Waals surface area contributed by atoms with Gasteiger partial charge < -0.3 is 10.2 Å². The van der Waals surface area contributed by atoms with Crippen LogP contribution in [0, 0.1) is 110 Å². The van der Waals surface area contributed by atoms with E-state index in [1.807, 2.05) is 0 Å². The first kappa shape index (κ1) is 47.6. The molecule has 0 bridgehead atoms. The summed E-state index contributed by atoms with van der Waals surface area (Å²) in [4.78, 5) is 0. The van der Waals surface area contributed by atoms with Gasteiger partial charge in [0.1, 0.15) is 0 Å². The van der Waals surface area contributed by atoms with E-state index in [9.17, 15) is 10.2 Å². The Hall–Kier alpha value is -0.340. The minimum atomic E-state index is -0.0794. The predicted molar refractivity (Wildman–Crippen MR) is 256 cm³/mol. The van der Waals surface area contributed by atoms with Crippen molar-refractivity contribution in [2.75, 3.05) is 0 Å². The summed E-state index contributed by atoms with van der Waals surface area (Å²) in [5, 5.41) is 20.5. The number of rotatable bonds is 12. The van der Waals surface area contributed by atoms with Crippen molar-refractivity contribution in [1.29, 1.82) is 0 Å². The van der Waals surface area contributed by atoms with E-state index in [0.29, 0.717) is 21.7 Å². The van der Waals surface area contributed by atoms with Crippen molar-refractivity contribution < 1.29 is 10.2 Å². The Morgan fingerprint density at radius 1 is 0.533 bits per heavy atom. The number of aliphatic hydroxyl groups excluding tert-OH is 2. The van der Waals surface area contributed by atoms with Gasteiger partial charge in [-0.1, -0.05) is 120 Å². The maximum absolute atomic E-state index is 10.3. The van der Waals surface area contributed by atoms with Crippen molar-refractivity contribution >= 4 is 0 Å². The van der Waals surface area contributed by atoms with Crippen molar-refractivity contribution in [3.05, 3.63) is 11.6 Å². The summed E-state index contributed by atoms with van der Waals surface area (Å²) in [5.74, 6) is 13.7. The van der Waals surface area contributed by atoms with Crippen LogP contribution in [-0.4, -0.2) is 22.4 Å². The van der Waals surface area contributed by atoms with E-state index in [-0.39, 0.29) is 12.2 Å². The third kappa shape index (κ3) is 8.72. The number of hydrogen-bond donors (Lipinski definition) is 2. The van der Waals surface area contributed by atoms with E-state index in [2.05, 4.69) is 89.2 Å². The van der Waals surface area contributed by atoms with E-state index >= 15 is 0 Å². The highest BCUT2D eigenvalue weighted by Gasteiger charge is 2.61. The standard InChI is InChI=1S/C29H52O.C29H50O/c2*1-7-21(19(2)3)9-8-20(4)25-12-13-26-24-11-10-22-18-23(30)14-16-28(22,5)27(24)15-17-29(25,26)6/h19-27,30H,7-18H2,1-6H3;10,19-21,23-27,30H,7-9,11-18H2,1-6H3/t20-,21?,22+,23+,24+,25-,26+,27+,28+,29-;20-,21-,23+,24+,25-,26+,27+,28+,29-/m11/s1. The van der Waals surface area contributed by atoms with Crippen LogP contribution in [0.3, 0.4) is 0 Å². The molecular weight excluding hydrogens is 729 g/mol. The van der Waals surface area contributed by atoms with E-state index in [0.717, 1.165) is 114 Å². The Morgan fingerprint density at radius 3 is 1.58 bits per heavy atom. The fourth-order valence-corrected chi connectivity index (χ4v) is 19.2. The Bertz CT molecular complexity index is 1430. The molecule has 0 aromatic heterocycles. The lowest BCUT2D eigenvalue weighted by Crippen LogP contribution is -2.54. The summed E-state index contributed by atoms with van der Waals surface area (Å²) < 4.78 is 0. The molecule has 0 aromatic carbocycles. The molecule has 7 fully saturated rings. The van der Waals surface area contributed by atoms with Crippen LogP contribution in [0.25, 0.3) is 0 Å². The van der Waals surface area contributed by atoms with Gasteiger partial charge in [-0.2, -0.15) is 0 Å². The molecule has 0 saturated heterocycles. The highest BCUT2D eigenvalue weighted by Crippen LogP contribution is 2.70. The van der Waals surface area contributed by atoms with Crippen molar-refractivity contribution in [3.8, 4) is 0 Å². The SMILES string of the molecule is CCC(CC[C@@H](C)[C@H]1CC[C@H]2[C@@H]3CC[C@H]4C[C@@H](O)CC[C@]4(C)[C@H]3CC[C@]12C)C(C)C.CC[C@H](CC[C@@H](C)[C@H]1CC[C@H]2[C@@H]3CC=C4C[C@@H](O)CC[C@]4(C)[C@H]3CC[C@]12C)C(C)C. The molecule has 0 spiro atoms. The topological polar surface area (TPSA) is 40.5 Å². The molecule has 0 heterocycles. The second-order valence-electron chi connectivity index (χ2n) is 26.1. The molecule has 1 unspecified atom stereocenters. The summed E-state index contributed by atoms with van der Waals surface area (Å²) in [7, 11) is 0. The van der Waals surface area contributed by atoms with Gasteiger partial charge in [0.25, 0.3) is 0 Å². The summed E-state index contributed by atoms with van der Waals surface area (Å²) in [6.07, 6.45) is 33.6. The van der Waals surface area contributed by atoms with E-state index in [4.69, 9.17) is 0 Å². The van der Waals surface area contributed by atoms with E-state index in [1.165, 1.54) is 122 Å². The first-order valence-corrected chi connectivity index (χ1v) is 27.5. The quantitative estimate of drug-likeness (QED) is 0.192. The average molecular weight is 831 g/mol. The van der Waals surface area contributed by atoms with Crippen LogP contribution in [0.5, 0.6) is 0 Å². The third-order valence-corrected chi connectivity index (χ3v) is 23.2. The number of fused-ring (bicyclic) bond motifs is 10. The van der Waals surface area contributed by atoms with Crippen LogP contribution in [0.2, 0.25) is 0 Å². The van der Waals surface area contributed by atoms with Crippen LogP contribution in [0.4, 0.5) is 0 Å². The van der Waals surface area contributed by atoms with Crippen LogP contribution in [-0.2, 0) is 0 Å². The Labute approximate surface area is 373 Å². The second-order valence-corrected chi connectivity index (χ2v) is 26.1. The van der Waals surface area contributed by atoms with Gasteiger partial charge in [-0.25, -0.2) is 0 Å². The zero-order valence-electron chi connectivity index (χ0n) is 42.1. The van der Waals surface area contributed by atoms with Crippen LogP contribution >= 0.6 is 0 Å². The fraction of sp³-hybridized carbons (Fsp3) is 0.966. The Balaban J connectivity index is 0.000000181. The molecule has 2 nitrogen and oxygen atoms in total. The highest BCUT2D eigenvalue weighted by molar-refractivity contribution is 5.25. The first-order chi connectivity index (χ1) is 28.4. The lowest BCUT2D eigenvalue weighted by molar-refractivity contribution is -0.129. The van der Waals surface area contributed by atoms with Crippen molar-refractivity contribution in [2.45, 2.75) is 243 Å². The van der Waals surface area contributed by atoms with Crippen LogP contribution in [0.15, 0.2) is 11.6 Å². The molecule has 0 amide bonds. The molecule has 0 radical (unpaired) electrons. The number of hydrogen-bond acceptors (Lipinski definition) is 2. The molecular formula is C58H102O2. The minimum Gasteiger partial charge on any atom is -0.393 e. The lowest BCUT2D eigenvalue weighted by Gasteiger charge is -2.61. The van der Waals surface area contributed by atoms with Gasteiger partial charge in [0, 0.05) is 0 Å². The molecule has 2 N–H and O–H groups in total. The zero-order valence-corrected chi connectivity index (χ0v) is 42.1. The normalized spacial score (nSPS) is 46.7. The Kier molecular flexibility index (Phi) is 15.0. The molecule has 8 rings (SSSR count). The molecule has 19 atom stereocenters. The number of allylic oxidation sites excluding steroid dienone is 1. The predicted octanol–water partition coefficient (Wildman–Crippen LogP) is 16.1. The summed E-state index contributed by atoms with van der Waals surface area (Å²) in [6, 6.07) is 0. The van der Waals surface area contributed by atoms with Gasteiger partial charge in [0.05, 0.1) is 12.2 Å². The molecule has 8 aliphatic rings. The van der Waals surface area contributed by atoms with Crippen LogP contribution < -0.4 is 0 Å². The third-order valence-electron chi connectivity index (χ3n) is 23.2. The molecule has 0 aliphatic heterocycles. The Morgan fingerprint density at radius 2 is 1.03 bits per heavy atom. The van der Waals surface area contributed by atoms with Crippen molar-refractivity contribution in [3.63, 3.8) is 0 Å². The van der Waals surface area contributed by atoms with E-state index in [1.54, 1.807) is 5.57 Å². The average Bonchev–Trinajstić information content (AvgIpc) is 3.75. The van der Waals surface area contributed by atoms with E-state index < -0.39 is 0 Å². The summed E-state index contributed by atoms with van der Waals surface area (Å²) in [6.45, 7) is 30.3. The molecule has 60 heavy (non-hydrogen) atoms. The molecule has 0 aromatic rings. The lowest BCUT2D eigenvalue weighted by atomic mass is 9.44. The van der Waals surface area contributed by atoms with Gasteiger partial charge in [-0.3, -0.25) is 0 Å². The van der Waals surface area contributed by atoms with Gasteiger partial charge in [0.2, 0.25) is 0 Å². The van der Waals surface area contributed by atoms with Crippen LogP contribution in [0.1, 0.15) is 231 Å². The fourth-order valence-electron chi connectivity index (χ4n) is 19.2. The van der Waals surface area contributed by atoms with Gasteiger partial charge in [0.15, 0.2) is 0 Å². The van der Waals surface area contributed by atoms with Gasteiger partial charge >= 0.3 is 0 Å². The van der Waals surface area contributed by atoms with Gasteiger partial charge in [-0.05, 0) is 232 Å². The largest absolute Gasteiger partial charge is 0.393 e. The maximum Gasteiger partial charge on any atom is 0.0577 e. The molecule has 8 aliphatic carbocycles. The summed E-state index contributed by atoms with van der Waals surface area (Å²) in [5.41, 5.74) is 3.72. The molecule has 2 heteroatoms. The highest BCUT2D eigenvalue weighted by atomic mass is 16.3. The monoisotopic (exact) mass is 831 g/mol. The first-order valence-electron chi connectivity index (χ1n) is 27.5. The molecule has 346 valence electrons. The second kappa shape index (κ2) is 18.9. The minimum absolute atomic E-state index is 0.0111. The maximum atomic E-state index is 10.3. The number of aliphatic hydroxyl groups is 2. The zero-order chi connectivity index (χ0) is 43.4. The smallest absolute Gasteiger partial charge is 0.0577 e. The van der Waals surface area contributed by atoms with Crippen molar-refractivity contribution in [2.24, 2.45) is 110 Å².